The number of hydrogen-bond acceptors (Lipinski definition) is 4. The first-order chi connectivity index (χ1) is 8.52. The summed E-state index contributed by atoms with van der Waals surface area (Å²) in [5.41, 5.74) is 1.38. The van der Waals surface area contributed by atoms with Crippen LogP contribution in [0.25, 0.3) is 10.2 Å². The van der Waals surface area contributed by atoms with E-state index in [1.54, 1.807) is 17.7 Å². The fourth-order valence-corrected chi connectivity index (χ4v) is 2.88. The van der Waals surface area contributed by atoms with Gasteiger partial charge in [-0.25, -0.2) is 9.97 Å². The highest BCUT2D eigenvalue weighted by atomic mass is 32.1. The number of nitrogens with zero attached hydrogens (tertiary/aromatic N) is 2. The highest BCUT2D eigenvalue weighted by molar-refractivity contribution is 7.16. The molecule has 0 radical (unpaired) electrons. The van der Waals surface area contributed by atoms with E-state index in [1.807, 2.05) is 0 Å². The molecule has 0 bridgehead atoms. The van der Waals surface area contributed by atoms with Gasteiger partial charge >= 0.3 is 0 Å². The van der Waals surface area contributed by atoms with E-state index in [0.29, 0.717) is 6.04 Å². The Balaban J connectivity index is 2.28. The molecule has 0 fully saturated rings. The Morgan fingerprint density at radius 1 is 1.33 bits per heavy atom. The first kappa shape index (κ1) is 13.4. The Morgan fingerprint density at radius 3 is 2.78 bits per heavy atom. The lowest BCUT2D eigenvalue weighted by atomic mass is 9.83. The molecule has 2 aromatic heterocycles. The molecule has 0 aliphatic rings. The number of aromatic nitrogens is 2. The van der Waals surface area contributed by atoms with Crippen LogP contribution in [0, 0.1) is 5.41 Å². The molecule has 98 valence electrons. The lowest BCUT2D eigenvalue weighted by Crippen LogP contribution is -2.42. The van der Waals surface area contributed by atoms with Crippen LogP contribution in [0.5, 0.6) is 0 Å². The van der Waals surface area contributed by atoms with E-state index >= 15 is 0 Å². The Hall–Kier alpha value is -1.00. The summed E-state index contributed by atoms with van der Waals surface area (Å²) in [6.07, 6.45) is 2.63. The van der Waals surface area contributed by atoms with Gasteiger partial charge in [0.1, 0.15) is 11.2 Å². The Morgan fingerprint density at radius 2 is 2.11 bits per heavy atom. The molecule has 2 rings (SSSR count). The monoisotopic (exact) mass is 263 g/mol. The van der Waals surface area contributed by atoms with E-state index in [1.165, 1.54) is 5.39 Å². The van der Waals surface area contributed by atoms with Gasteiger partial charge in [0.25, 0.3) is 0 Å². The second kappa shape index (κ2) is 5.33. The molecule has 0 spiro atoms. The van der Waals surface area contributed by atoms with Crippen LogP contribution >= 0.6 is 11.3 Å². The van der Waals surface area contributed by atoms with Gasteiger partial charge in [0, 0.05) is 17.8 Å². The van der Waals surface area contributed by atoms with Crippen LogP contribution in [0.3, 0.4) is 0 Å². The van der Waals surface area contributed by atoms with Crippen LogP contribution in [0.2, 0.25) is 0 Å². The van der Waals surface area contributed by atoms with Gasteiger partial charge in [-0.3, -0.25) is 0 Å². The van der Waals surface area contributed by atoms with Crippen LogP contribution in [0.4, 0.5) is 0 Å². The van der Waals surface area contributed by atoms with Crippen molar-refractivity contribution < 1.29 is 0 Å². The van der Waals surface area contributed by atoms with Crippen molar-refractivity contribution in [1.82, 2.24) is 15.3 Å². The summed E-state index contributed by atoms with van der Waals surface area (Å²) in [6.45, 7) is 9.95. The average molecular weight is 263 g/mol. The zero-order valence-corrected chi connectivity index (χ0v) is 12.3. The number of fused-ring (bicyclic) bond motifs is 1. The van der Waals surface area contributed by atoms with Crippen molar-refractivity contribution in [1.29, 1.82) is 0 Å². The predicted molar refractivity (Wildman–Crippen MR) is 78.0 cm³/mol. The van der Waals surface area contributed by atoms with Crippen LogP contribution < -0.4 is 5.32 Å². The minimum absolute atomic E-state index is 0.226. The summed E-state index contributed by atoms with van der Waals surface area (Å²) in [7, 11) is 0. The lowest BCUT2D eigenvalue weighted by molar-refractivity contribution is 0.269. The molecule has 0 amide bonds. The van der Waals surface area contributed by atoms with Crippen LogP contribution in [0.1, 0.15) is 33.4 Å². The minimum atomic E-state index is 0.226. The summed E-state index contributed by atoms with van der Waals surface area (Å²) in [5, 5.41) is 6.86. The van der Waals surface area contributed by atoms with Gasteiger partial charge in [0.2, 0.25) is 0 Å². The summed E-state index contributed by atoms with van der Waals surface area (Å²) >= 11 is 1.68. The van der Waals surface area contributed by atoms with Gasteiger partial charge < -0.3 is 5.32 Å². The van der Waals surface area contributed by atoms with E-state index in [9.17, 15) is 0 Å². The summed E-state index contributed by atoms with van der Waals surface area (Å²) in [4.78, 5) is 9.86. The van der Waals surface area contributed by atoms with Gasteiger partial charge in [-0.15, -0.1) is 11.3 Å². The van der Waals surface area contributed by atoms with Crippen molar-refractivity contribution >= 4 is 21.6 Å². The van der Waals surface area contributed by atoms with Gasteiger partial charge in [0.15, 0.2) is 0 Å². The largest absolute Gasteiger partial charge is 0.313 e. The Bertz CT molecular complexity index is 513. The van der Waals surface area contributed by atoms with Gasteiger partial charge in [-0.2, -0.15) is 0 Å². The van der Waals surface area contributed by atoms with E-state index in [0.717, 1.165) is 23.5 Å². The molecule has 0 saturated heterocycles. The number of rotatable bonds is 4. The van der Waals surface area contributed by atoms with Crippen molar-refractivity contribution in [2.24, 2.45) is 5.41 Å². The van der Waals surface area contributed by atoms with E-state index < -0.39 is 0 Å². The third kappa shape index (κ3) is 2.87. The maximum Gasteiger partial charge on any atom is 0.126 e. The third-order valence-electron chi connectivity index (χ3n) is 3.24. The standard InChI is InChI=1S/C14H21N3S/c1-5-15-12(14(2,3)4)8-11-10-6-7-18-13(10)17-9-16-11/h6-7,9,12,15H,5,8H2,1-4H3. The zero-order chi connectivity index (χ0) is 13.2. The Kier molecular flexibility index (Phi) is 3.97. The molecule has 0 aliphatic heterocycles. The van der Waals surface area contributed by atoms with Crippen molar-refractivity contribution in [3.05, 3.63) is 23.5 Å². The SMILES string of the molecule is CCNC(Cc1ncnc2sccc12)C(C)(C)C. The molecular weight excluding hydrogens is 242 g/mol. The average Bonchev–Trinajstić information content (AvgIpc) is 2.76. The molecule has 3 nitrogen and oxygen atoms in total. The fourth-order valence-electron chi connectivity index (χ4n) is 2.13. The first-order valence-electron chi connectivity index (χ1n) is 6.43. The highest BCUT2D eigenvalue weighted by Gasteiger charge is 2.25. The molecule has 1 N–H and O–H groups in total. The number of thiophene rings is 1. The lowest BCUT2D eigenvalue weighted by Gasteiger charge is -2.31. The quantitative estimate of drug-likeness (QED) is 0.920. The normalized spacial score (nSPS) is 14.0. The van der Waals surface area contributed by atoms with E-state index in [4.69, 9.17) is 0 Å². The smallest absolute Gasteiger partial charge is 0.126 e. The molecule has 0 aliphatic carbocycles. The summed E-state index contributed by atoms with van der Waals surface area (Å²) in [5.74, 6) is 0. The fraction of sp³-hybridized carbons (Fsp3) is 0.571. The molecule has 1 unspecified atom stereocenters. The highest BCUT2D eigenvalue weighted by Crippen LogP contribution is 2.26. The predicted octanol–water partition coefficient (Wildman–Crippen LogP) is 3.26. The number of likely N-dealkylation sites (N-methyl/N-ethyl adjacent to an activating group) is 1. The van der Waals surface area contributed by atoms with Crippen molar-refractivity contribution in [2.45, 2.75) is 40.2 Å². The van der Waals surface area contributed by atoms with Gasteiger partial charge in [-0.1, -0.05) is 27.7 Å². The van der Waals surface area contributed by atoms with Crippen molar-refractivity contribution in [3.8, 4) is 0 Å². The first-order valence-corrected chi connectivity index (χ1v) is 7.30. The molecule has 18 heavy (non-hydrogen) atoms. The molecule has 4 heteroatoms. The number of nitrogens with one attached hydrogen (secondary N) is 1. The summed E-state index contributed by atoms with van der Waals surface area (Å²) in [6, 6.07) is 2.56. The zero-order valence-electron chi connectivity index (χ0n) is 11.5. The number of hydrogen-bond donors (Lipinski definition) is 1. The third-order valence-corrected chi connectivity index (χ3v) is 4.06. The molecule has 2 aromatic rings. The van der Waals surface area contributed by atoms with Crippen LogP contribution in [-0.4, -0.2) is 22.6 Å². The van der Waals surface area contributed by atoms with Gasteiger partial charge in [0.05, 0.1) is 5.69 Å². The van der Waals surface area contributed by atoms with Crippen LogP contribution in [-0.2, 0) is 6.42 Å². The van der Waals surface area contributed by atoms with Crippen LogP contribution in [0.15, 0.2) is 17.8 Å². The second-order valence-corrected chi connectivity index (χ2v) is 6.53. The topological polar surface area (TPSA) is 37.8 Å². The Labute approximate surface area is 113 Å². The van der Waals surface area contributed by atoms with E-state index in [2.05, 4.69) is 54.4 Å². The van der Waals surface area contributed by atoms with Crippen molar-refractivity contribution in [2.75, 3.05) is 6.54 Å². The summed E-state index contributed by atoms with van der Waals surface area (Å²) < 4.78 is 0. The van der Waals surface area contributed by atoms with Gasteiger partial charge in [-0.05, 0) is 23.4 Å². The van der Waals surface area contributed by atoms with Crippen molar-refractivity contribution in [3.63, 3.8) is 0 Å². The molecule has 0 aromatic carbocycles. The maximum absolute atomic E-state index is 4.47. The minimum Gasteiger partial charge on any atom is -0.313 e. The molecular formula is C14H21N3S. The second-order valence-electron chi connectivity index (χ2n) is 5.64. The maximum atomic E-state index is 4.47. The van der Waals surface area contributed by atoms with E-state index in [-0.39, 0.29) is 5.41 Å². The molecule has 1 atom stereocenters. The molecule has 2 heterocycles. The molecule has 0 saturated carbocycles.